The number of ether oxygens (including phenoxy) is 1. The lowest BCUT2D eigenvalue weighted by Crippen LogP contribution is -2.16. The zero-order valence-electron chi connectivity index (χ0n) is 11.0. The smallest absolute Gasteiger partial charge is 0.306 e. The summed E-state index contributed by atoms with van der Waals surface area (Å²) in [5.41, 5.74) is 0.396. The van der Waals surface area contributed by atoms with Crippen molar-refractivity contribution in [3.05, 3.63) is 33.8 Å². The molecule has 0 N–H and O–H groups in total. The third-order valence-corrected chi connectivity index (χ3v) is 4.27. The average Bonchev–Trinajstić information content (AvgIpc) is 2.92. The maximum absolute atomic E-state index is 11.9. The lowest BCUT2D eigenvalue weighted by molar-refractivity contribution is -0.143. The zero-order valence-corrected chi connectivity index (χ0v) is 12.5. The fourth-order valence-corrected chi connectivity index (χ4v) is 2.71. The third kappa shape index (κ3) is 4.22. The molecule has 5 heteroatoms. The van der Waals surface area contributed by atoms with Crippen LogP contribution in [0.25, 0.3) is 0 Å². The molecular formula is C15H16Cl2O3. The van der Waals surface area contributed by atoms with Crippen LogP contribution < -0.4 is 0 Å². The Morgan fingerprint density at radius 3 is 2.50 bits per heavy atom. The Morgan fingerprint density at radius 2 is 1.85 bits per heavy atom. The van der Waals surface area contributed by atoms with Crippen LogP contribution in [0.1, 0.15) is 42.5 Å². The van der Waals surface area contributed by atoms with Gasteiger partial charge in [0.15, 0.2) is 12.4 Å². The number of ketones is 1. The average molecular weight is 315 g/mol. The highest BCUT2D eigenvalue weighted by Crippen LogP contribution is 2.27. The molecule has 20 heavy (non-hydrogen) atoms. The topological polar surface area (TPSA) is 43.4 Å². The molecular weight excluding hydrogens is 299 g/mol. The van der Waals surface area contributed by atoms with Crippen LogP contribution in [0.2, 0.25) is 10.0 Å². The highest BCUT2D eigenvalue weighted by atomic mass is 35.5. The highest BCUT2D eigenvalue weighted by Gasteiger charge is 2.20. The second-order valence-corrected chi connectivity index (χ2v) is 5.88. The van der Waals surface area contributed by atoms with Gasteiger partial charge in [-0.25, -0.2) is 0 Å². The van der Waals surface area contributed by atoms with Crippen molar-refractivity contribution in [2.45, 2.75) is 32.1 Å². The minimum Gasteiger partial charge on any atom is -0.457 e. The molecule has 0 unspecified atom stereocenters. The number of benzene rings is 1. The van der Waals surface area contributed by atoms with E-state index in [4.69, 9.17) is 27.9 Å². The number of carbonyl (C=O) groups is 2. The van der Waals surface area contributed by atoms with Crippen molar-refractivity contribution in [1.29, 1.82) is 0 Å². The number of halogens is 2. The van der Waals surface area contributed by atoms with Gasteiger partial charge in [-0.2, -0.15) is 0 Å². The summed E-state index contributed by atoms with van der Waals surface area (Å²) in [6.45, 7) is -0.247. The first-order valence-electron chi connectivity index (χ1n) is 6.70. The number of esters is 1. The first kappa shape index (κ1) is 15.3. The summed E-state index contributed by atoms with van der Waals surface area (Å²) in [7, 11) is 0. The van der Waals surface area contributed by atoms with Crippen LogP contribution in [0, 0.1) is 5.92 Å². The summed E-state index contributed by atoms with van der Waals surface area (Å²) in [5.74, 6) is -0.156. The van der Waals surface area contributed by atoms with Gasteiger partial charge in [0.2, 0.25) is 0 Å². The fourth-order valence-electron chi connectivity index (χ4n) is 2.41. The van der Waals surface area contributed by atoms with Crippen LogP contribution in [-0.2, 0) is 9.53 Å². The van der Waals surface area contributed by atoms with Crippen molar-refractivity contribution < 1.29 is 14.3 Å². The number of Topliss-reactive ketones (excluding diaryl/α,β-unsaturated/α-hetero) is 1. The van der Waals surface area contributed by atoms with E-state index in [0.29, 0.717) is 27.9 Å². The van der Waals surface area contributed by atoms with Crippen molar-refractivity contribution in [3.8, 4) is 0 Å². The molecule has 1 fully saturated rings. The van der Waals surface area contributed by atoms with Crippen LogP contribution in [0.3, 0.4) is 0 Å². The maximum Gasteiger partial charge on any atom is 0.306 e. The lowest BCUT2D eigenvalue weighted by atomic mass is 10.0. The normalized spacial score (nSPS) is 15.3. The van der Waals surface area contributed by atoms with E-state index in [-0.39, 0.29) is 18.4 Å². The second-order valence-electron chi connectivity index (χ2n) is 5.07. The van der Waals surface area contributed by atoms with Gasteiger partial charge in [0, 0.05) is 12.0 Å². The summed E-state index contributed by atoms with van der Waals surface area (Å²) in [4.78, 5) is 23.5. The van der Waals surface area contributed by atoms with Crippen molar-refractivity contribution >= 4 is 35.0 Å². The number of hydrogen-bond acceptors (Lipinski definition) is 3. The van der Waals surface area contributed by atoms with E-state index >= 15 is 0 Å². The number of rotatable bonds is 5. The molecule has 0 atom stereocenters. The van der Waals surface area contributed by atoms with E-state index in [1.807, 2.05) is 0 Å². The van der Waals surface area contributed by atoms with E-state index in [1.165, 1.54) is 18.9 Å². The molecule has 0 amide bonds. The van der Waals surface area contributed by atoms with E-state index in [9.17, 15) is 9.59 Å². The molecule has 0 aromatic heterocycles. The first-order valence-corrected chi connectivity index (χ1v) is 7.45. The molecule has 0 spiro atoms. The van der Waals surface area contributed by atoms with Gasteiger partial charge in [-0.15, -0.1) is 0 Å². The van der Waals surface area contributed by atoms with E-state index in [1.54, 1.807) is 12.1 Å². The third-order valence-electron chi connectivity index (χ3n) is 3.54. The largest absolute Gasteiger partial charge is 0.457 e. The van der Waals surface area contributed by atoms with Gasteiger partial charge >= 0.3 is 5.97 Å². The molecule has 1 saturated carbocycles. The predicted octanol–water partition coefficient (Wildman–Crippen LogP) is 4.30. The molecule has 0 radical (unpaired) electrons. The zero-order chi connectivity index (χ0) is 14.5. The molecule has 0 heterocycles. The Bertz CT molecular complexity index is 508. The fraction of sp³-hybridized carbons (Fsp3) is 0.467. The van der Waals surface area contributed by atoms with Gasteiger partial charge in [-0.3, -0.25) is 9.59 Å². The predicted molar refractivity (Wildman–Crippen MR) is 78.3 cm³/mol. The molecule has 3 nitrogen and oxygen atoms in total. The molecule has 2 rings (SSSR count). The Kier molecular flexibility index (Phi) is 5.44. The SMILES string of the molecule is O=C(CC1CCCC1)OCC(=O)c1ccc(Cl)c(Cl)c1. The Morgan fingerprint density at radius 1 is 1.15 bits per heavy atom. The molecule has 1 aromatic rings. The molecule has 1 aliphatic carbocycles. The molecule has 108 valence electrons. The summed E-state index contributed by atoms with van der Waals surface area (Å²) >= 11 is 11.6. The van der Waals surface area contributed by atoms with Crippen LogP contribution in [0.5, 0.6) is 0 Å². The molecule has 0 bridgehead atoms. The highest BCUT2D eigenvalue weighted by molar-refractivity contribution is 6.42. The van der Waals surface area contributed by atoms with Crippen LogP contribution in [0.15, 0.2) is 18.2 Å². The van der Waals surface area contributed by atoms with Crippen molar-refractivity contribution in [2.24, 2.45) is 5.92 Å². The number of hydrogen-bond donors (Lipinski definition) is 0. The van der Waals surface area contributed by atoms with Crippen LogP contribution in [-0.4, -0.2) is 18.4 Å². The maximum atomic E-state index is 11.9. The first-order chi connectivity index (χ1) is 9.56. The van der Waals surface area contributed by atoms with Gasteiger partial charge in [-0.1, -0.05) is 36.0 Å². The van der Waals surface area contributed by atoms with Crippen LogP contribution in [0.4, 0.5) is 0 Å². The van der Waals surface area contributed by atoms with E-state index in [2.05, 4.69) is 0 Å². The van der Waals surface area contributed by atoms with Gasteiger partial charge in [0.1, 0.15) is 0 Å². The van der Waals surface area contributed by atoms with Gasteiger partial charge in [0.25, 0.3) is 0 Å². The lowest BCUT2D eigenvalue weighted by Gasteiger charge is -2.08. The van der Waals surface area contributed by atoms with Crippen molar-refractivity contribution in [2.75, 3.05) is 6.61 Å². The van der Waals surface area contributed by atoms with Crippen LogP contribution >= 0.6 is 23.2 Å². The van der Waals surface area contributed by atoms with Gasteiger partial charge < -0.3 is 4.74 Å². The Balaban J connectivity index is 1.81. The summed E-state index contributed by atoms with van der Waals surface area (Å²) in [6.07, 6.45) is 4.93. The number of carbonyl (C=O) groups excluding carboxylic acids is 2. The molecule has 0 saturated heterocycles. The quantitative estimate of drug-likeness (QED) is 0.601. The van der Waals surface area contributed by atoms with Crippen molar-refractivity contribution in [1.82, 2.24) is 0 Å². The second kappa shape index (κ2) is 7.09. The summed E-state index contributed by atoms with van der Waals surface area (Å²) < 4.78 is 5.03. The summed E-state index contributed by atoms with van der Waals surface area (Å²) in [5, 5.41) is 0.705. The summed E-state index contributed by atoms with van der Waals surface area (Å²) in [6, 6.07) is 4.61. The molecule has 1 aliphatic rings. The molecule has 1 aromatic carbocycles. The van der Waals surface area contributed by atoms with E-state index in [0.717, 1.165) is 12.8 Å². The minimum absolute atomic E-state index is 0.247. The van der Waals surface area contributed by atoms with E-state index < -0.39 is 0 Å². The Hall–Kier alpha value is -1.06. The van der Waals surface area contributed by atoms with Gasteiger partial charge in [-0.05, 0) is 37.0 Å². The van der Waals surface area contributed by atoms with Crippen molar-refractivity contribution in [3.63, 3.8) is 0 Å². The standard InChI is InChI=1S/C15H16Cl2O3/c16-12-6-5-11(8-13(12)17)14(18)9-20-15(19)7-10-3-1-2-4-10/h5-6,8,10H,1-4,7,9H2. The Labute approximate surface area is 128 Å². The molecule has 0 aliphatic heterocycles. The monoisotopic (exact) mass is 314 g/mol. The minimum atomic E-state index is -0.301. The van der Waals surface area contributed by atoms with Gasteiger partial charge in [0.05, 0.1) is 10.0 Å².